The first-order valence-electron chi connectivity index (χ1n) is 2.83. The number of methoxy groups -OCH3 is 1. The minimum Gasteiger partial charge on any atom is -0.495 e. The van der Waals surface area contributed by atoms with Crippen LogP contribution in [0.1, 0.15) is 0 Å². The van der Waals surface area contributed by atoms with Crippen molar-refractivity contribution < 1.29 is 21.8 Å². The van der Waals surface area contributed by atoms with Crippen LogP contribution in [0, 0.1) is 0 Å². The van der Waals surface area contributed by atoms with Crippen molar-refractivity contribution in [3.05, 3.63) is 22.7 Å². The summed E-state index contributed by atoms with van der Waals surface area (Å²) in [6.07, 6.45) is 0. The standard InChI is InChI=1S/C7H8BrNO.Fe/c1-10-7-4-5(9)2-3-6(7)8;/h2-4H,9H2,1H3;. The van der Waals surface area contributed by atoms with E-state index in [9.17, 15) is 0 Å². The average Bonchev–Trinajstić information content (AvgIpc) is 1.94. The molecule has 0 unspecified atom stereocenters. The zero-order valence-corrected chi connectivity index (χ0v) is 8.64. The Morgan fingerprint density at radius 1 is 1.45 bits per heavy atom. The molecule has 1 aromatic rings. The molecule has 0 heterocycles. The van der Waals surface area contributed by atoms with Gasteiger partial charge in [0.05, 0.1) is 11.6 Å². The van der Waals surface area contributed by atoms with Crippen molar-refractivity contribution in [1.29, 1.82) is 0 Å². The van der Waals surface area contributed by atoms with Gasteiger partial charge in [0.15, 0.2) is 0 Å². The van der Waals surface area contributed by atoms with Crippen LogP contribution in [0.2, 0.25) is 0 Å². The number of nitrogens with two attached hydrogens (primary N) is 1. The molecule has 0 aliphatic rings. The zero-order valence-electron chi connectivity index (χ0n) is 5.95. The summed E-state index contributed by atoms with van der Waals surface area (Å²) < 4.78 is 5.92. The molecule has 0 aliphatic carbocycles. The van der Waals surface area contributed by atoms with Gasteiger partial charge in [0, 0.05) is 28.8 Å². The number of nitrogen functional groups attached to an aromatic ring is 1. The van der Waals surface area contributed by atoms with Gasteiger partial charge in [0.25, 0.3) is 0 Å². The molecule has 0 aromatic heterocycles. The smallest absolute Gasteiger partial charge is 0.135 e. The Balaban J connectivity index is 0.000001000. The van der Waals surface area contributed by atoms with Crippen molar-refractivity contribution in [2.75, 3.05) is 12.8 Å². The summed E-state index contributed by atoms with van der Waals surface area (Å²) in [5, 5.41) is 0. The van der Waals surface area contributed by atoms with Crippen LogP contribution in [0.5, 0.6) is 5.75 Å². The van der Waals surface area contributed by atoms with E-state index in [4.69, 9.17) is 10.5 Å². The maximum absolute atomic E-state index is 5.50. The van der Waals surface area contributed by atoms with E-state index < -0.39 is 0 Å². The van der Waals surface area contributed by atoms with Gasteiger partial charge in [-0.3, -0.25) is 0 Å². The third kappa shape index (κ3) is 2.73. The Kier molecular flexibility index (Phi) is 4.57. The molecule has 2 N–H and O–H groups in total. The normalized spacial score (nSPS) is 8.55. The molecule has 2 nitrogen and oxygen atoms in total. The Labute approximate surface area is 84.7 Å². The number of hydrogen-bond acceptors (Lipinski definition) is 2. The van der Waals surface area contributed by atoms with Crippen molar-refractivity contribution in [1.82, 2.24) is 0 Å². The average molecular weight is 258 g/mol. The fourth-order valence-electron chi connectivity index (χ4n) is 0.676. The van der Waals surface area contributed by atoms with E-state index in [1.54, 1.807) is 13.2 Å². The summed E-state index contributed by atoms with van der Waals surface area (Å²) in [4.78, 5) is 0. The van der Waals surface area contributed by atoms with Crippen molar-refractivity contribution in [3.63, 3.8) is 0 Å². The van der Waals surface area contributed by atoms with E-state index in [1.165, 1.54) is 0 Å². The second-order valence-electron chi connectivity index (χ2n) is 1.89. The van der Waals surface area contributed by atoms with E-state index in [1.807, 2.05) is 12.1 Å². The van der Waals surface area contributed by atoms with Gasteiger partial charge >= 0.3 is 0 Å². The molecule has 11 heavy (non-hydrogen) atoms. The Bertz CT molecular complexity index is 242. The van der Waals surface area contributed by atoms with E-state index in [0.717, 1.165) is 10.2 Å². The molecular formula is C7H8BrFeNO. The van der Waals surface area contributed by atoms with Gasteiger partial charge in [-0.25, -0.2) is 0 Å². The summed E-state index contributed by atoms with van der Waals surface area (Å²) in [7, 11) is 1.61. The Morgan fingerprint density at radius 3 is 2.55 bits per heavy atom. The molecule has 62 valence electrons. The minimum atomic E-state index is 0. The first-order chi connectivity index (χ1) is 4.74. The van der Waals surface area contributed by atoms with Crippen LogP contribution in [0.25, 0.3) is 0 Å². The van der Waals surface area contributed by atoms with Gasteiger partial charge in [-0.15, -0.1) is 0 Å². The molecule has 0 bridgehead atoms. The maximum Gasteiger partial charge on any atom is 0.135 e. The third-order valence-electron chi connectivity index (χ3n) is 1.18. The van der Waals surface area contributed by atoms with Crippen LogP contribution in [0.15, 0.2) is 22.7 Å². The monoisotopic (exact) mass is 257 g/mol. The second kappa shape index (κ2) is 4.65. The van der Waals surface area contributed by atoms with E-state index >= 15 is 0 Å². The Hall–Kier alpha value is -0.181. The fourth-order valence-corrected chi connectivity index (χ4v) is 1.08. The zero-order chi connectivity index (χ0) is 7.56. The number of rotatable bonds is 1. The van der Waals surface area contributed by atoms with Crippen molar-refractivity contribution in [2.24, 2.45) is 0 Å². The third-order valence-corrected chi connectivity index (χ3v) is 1.83. The van der Waals surface area contributed by atoms with Gasteiger partial charge in [-0.2, -0.15) is 0 Å². The summed E-state index contributed by atoms with van der Waals surface area (Å²) >= 11 is 3.31. The van der Waals surface area contributed by atoms with E-state index in [0.29, 0.717) is 5.69 Å². The predicted molar refractivity (Wildman–Crippen MR) is 45.1 cm³/mol. The molecule has 0 spiro atoms. The first-order valence-corrected chi connectivity index (χ1v) is 3.62. The predicted octanol–water partition coefficient (Wildman–Crippen LogP) is 2.04. The molecule has 0 saturated heterocycles. The fraction of sp³-hybridized carbons (Fsp3) is 0.143. The topological polar surface area (TPSA) is 35.2 Å². The molecule has 0 saturated carbocycles. The Morgan fingerprint density at radius 2 is 2.09 bits per heavy atom. The summed E-state index contributed by atoms with van der Waals surface area (Å²) in [6.45, 7) is 0. The number of hydrogen-bond donors (Lipinski definition) is 1. The van der Waals surface area contributed by atoms with Gasteiger partial charge in [0.1, 0.15) is 5.75 Å². The number of benzene rings is 1. The molecule has 0 aliphatic heterocycles. The quantitative estimate of drug-likeness (QED) is 0.617. The molecule has 1 aromatic carbocycles. The van der Waals surface area contributed by atoms with E-state index in [2.05, 4.69) is 15.9 Å². The van der Waals surface area contributed by atoms with Crippen molar-refractivity contribution in [3.8, 4) is 5.75 Å². The number of halogens is 1. The van der Waals surface area contributed by atoms with Crippen molar-refractivity contribution in [2.45, 2.75) is 0 Å². The molecule has 0 amide bonds. The second-order valence-corrected chi connectivity index (χ2v) is 2.75. The van der Waals surface area contributed by atoms with Crippen LogP contribution < -0.4 is 10.5 Å². The number of ether oxygens (including phenoxy) is 1. The molecule has 1 rings (SSSR count). The summed E-state index contributed by atoms with van der Waals surface area (Å²) in [5.74, 6) is 0.764. The van der Waals surface area contributed by atoms with Crippen LogP contribution in [0.4, 0.5) is 5.69 Å². The van der Waals surface area contributed by atoms with Crippen LogP contribution in [0.3, 0.4) is 0 Å². The maximum atomic E-state index is 5.50. The van der Waals surface area contributed by atoms with Gasteiger partial charge in [-0.1, -0.05) is 0 Å². The van der Waals surface area contributed by atoms with Crippen molar-refractivity contribution >= 4 is 21.6 Å². The molecule has 0 fully saturated rings. The van der Waals surface area contributed by atoms with Gasteiger partial charge in [-0.05, 0) is 28.1 Å². The number of anilines is 1. The molecular weight excluding hydrogens is 250 g/mol. The van der Waals surface area contributed by atoms with Crippen LogP contribution >= 0.6 is 15.9 Å². The van der Waals surface area contributed by atoms with Gasteiger partial charge in [0.2, 0.25) is 0 Å². The largest absolute Gasteiger partial charge is 0.495 e. The molecule has 0 radical (unpaired) electrons. The van der Waals surface area contributed by atoms with Gasteiger partial charge < -0.3 is 10.5 Å². The first kappa shape index (κ1) is 10.8. The SMILES string of the molecule is COc1cc(N)ccc1Br.[Fe]. The molecule has 0 atom stereocenters. The van der Waals surface area contributed by atoms with Crippen LogP contribution in [-0.2, 0) is 17.1 Å². The molecule has 4 heteroatoms. The van der Waals surface area contributed by atoms with E-state index in [-0.39, 0.29) is 17.1 Å². The van der Waals surface area contributed by atoms with Crippen LogP contribution in [-0.4, -0.2) is 7.11 Å². The minimum absolute atomic E-state index is 0. The summed E-state index contributed by atoms with van der Waals surface area (Å²) in [5.41, 5.74) is 6.21. The summed E-state index contributed by atoms with van der Waals surface area (Å²) in [6, 6.07) is 5.44.